The van der Waals surface area contributed by atoms with Gasteiger partial charge in [-0.25, -0.2) is 4.79 Å². The van der Waals surface area contributed by atoms with E-state index in [0.29, 0.717) is 0 Å². The zero-order valence-electron chi connectivity index (χ0n) is 14.1. The monoisotopic (exact) mass is 288 g/mol. The summed E-state index contributed by atoms with van der Waals surface area (Å²) in [5, 5.41) is 6.22. The Hall–Kier alpha value is -0.810. The van der Waals surface area contributed by atoms with Gasteiger partial charge in [-0.15, -0.1) is 0 Å². The van der Waals surface area contributed by atoms with Crippen molar-refractivity contribution >= 4 is 6.09 Å². The summed E-state index contributed by atoms with van der Waals surface area (Å²) in [5.41, 5.74) is -0.578. The van der Waals surface area contributed by atoms with Crippen molar-refractivity contribution in [2.24, 2.45) is 0 Å². The SMILES string of the molecule is CCC(CNCCC(C)(C)OC)NC(=O)OC(C)(C)C. The van der Waals surface area contributed by atoms with Gasteiger partial charge in [-0.05, 0) is 54.0 Å². The first-order chi connectivity index (χ1) is 9.09. The number of alkyl carbamates (subject to hydrolysis) is 1. The average molecular weight is 288 g/mol. The molecule has 5 heteroatoms. The van der Waals surface area contributed by atoms with Crippen LogP contribution < -0.4 is 10.6 Å². The number of carbonyl (C=O) groups excluding carboxylic acids is 1. The highest BCUT2D eigenvalue weighted by Crippen LogP contribution is 2.11. The molecule has 0 heterocycles. The summed E-state index contributed by atoms with van der Waals surface area (Å²) in [5.74, 6) is 0. The van der Waals surface area contributed by atoms with Gasteiger partial charge in [-0.2, -0.15) is 0 Å². The van der Waals surface area contributed by atoms with E-state index in [2.05, 4.69) is 24.5 Å². The lowest BCUT2D eigenvalue weighted by atomic mass is 10.1. The van der Waals surface area contributed by atoms with E-state index in [9.17, 15) is 4.79 Å². The van der Waals surface area contributed by atoms with Gasteiger partial charge in [-0.3, -0.25) is 0 Å². The van der Waals surface area contributed by atoms with Gasteiger partial charge in [0.15, 0.2) is 0 Å². The van der Waals surface area contributed by atoms with Gasteiger partial charge in [0.2, 0.25) is 0 Å². The zero-order valence-corrected chi connectivity index (χ0v) is 14.1. The molecule has 0 saturated heterocycles. The Morgan fingerprint density at radius 1 is 1.20 bits per heavy atom. The molecule has 0 aromatic heterocycles. The van der Waals surface area contributed by atoms with E-state index in [1.54, 1.807) is 7.11 Å². The first-order valence-corrected chi connectivity index (χ1v) is 7.35. The number of amides is 1. The number of ether oxygens (including phenoxy) is 2. The third kappa shape index (κ3) is 10.0. The molecule has 0 aromatic rings. The van der Waals surface area contributed by atoms with E-state index in [4.69, 9.17) is 9.47 Å². The van der Waals surface area contributed by atoms with Crippen LogP contribution in [0.3, 0.4) is 0 Å². The molecule has 0 saturated carbocycles. The fourth-order valence-electron chi connectivity index (χ4n) is 1.54. The molecule has 1 atom stereocenters. The van der Waals surface area contributed by atoms with Crippen LogP contribution in [0.1, 0.15) is 54.4 Å². The largest absolute Gasteiger partial charge is 0.444 e. The van der Waals surface area contributed by atoms with Crippen LogP contribution in [0.4, 0.5) is 4.79 Å². The van der Waals surface area contributed by atoms with E-state index in [-0.39, 0.29) is 17.7 Å². The van der Waals surface area contributed by atoms with Crippen molar-refractivity contribution in [3.05, 3.63) is 0 Å². The molecular weight excluding hydrogens is 256 g/mol. The normalized spacial score (nSPS) is 13.9. The predicted molar refractivity (Wildman–Crippen MR) is 82.0 cm³/mol. The molecule has 0 fully saturated rings. The highest BCUT2D eigenvalue weighted by Gasteiger charge is 2.19. The molecule has 0 rings (SSSR count). The first kappa shape index (κ1) is 19.2. The van der Waals surface area contributed by atoms with Crippen molar-refractivity contribution in [3.63, 3.8) is 0 Å². The minimum absolute atomic E-state index is 0.0792. The number of rotatable bonds is 8. The Bertz CT molecular complexity index is 285. The van der Waals surface area contributed by atoms with Gasteiger partial charge in [0.1, 0.15) is 5.60 Å². The van der Waals surface area contributed by atoms with E-state index in [0.717, 1.165) is 25.9 Å². The van der Waals surface area contributed by atoms with Gasteiger partial charge < -0.3 is 20.1 Å². The van der Waals surface area contributed by atoms with Gasteiger partial charge in [0.25, 0.3) is 0 Å². The van der Waals surface area contributed by atoms with Crippen LogP contribution in [0.2, 0.25) is 0 Å². The molecular formula is C15H32N2O3. The lowest BCUT2D eigenvalue weighted by molar-refractivity contribution is 0.0156. The highest BCUT2D eigenvalue weighted by atomic mass is 16.6. The third-order valence-electron chi connectivity index (χ3n) is 3.06. The minimum atomic E-state index is -0.460. The summed E-state index contributed by atoms with van der Waals surface area (Å²) < 4.78 is 10.6. The molecule has 1 amide bonds. The van der Waals surface area contributed by atoms with Crippen molar-refractivity contribution < 1.29 is 14.3 Å². The van der Waals surface area contributed by atoms with Gasteiger partial charge in [0.05, 0.1) is 5.60 Å². The second-order valence-electron chi connectivity index (χ2n) is 6.67. The van der Waals surface area contributed by atoms with E-state index in [1.807, 2.05) is 27.7 Å². The lowest BCUT2D eigenvalue weighted by Crippen LogP contribution is -2.44. The topological polar surface area (TPSA) is 59.6 Å². The summed E-state index contributed by atoms with van der Waals surface area (Å²) in [6.45, 7) is 13.3. The molecule has 0 aliphatic heterocycles. The van der Waals surface area contributed by atoms with Gasteiger partial charge >= 0.3 is 6.09 Å². The number of methoxy groups -OCH3 is 1. The number of nitrogens with one attached hydrogen (secondary N) is 2. The summed E-state index contributed by atoms with van der Waals surface area (Å²) in [7, 11) is 1.72. The molecule has 0 aliphatic rings. The van der Waals surface area contributed by atoms with Crippen LogP contribution in [0.5, 0.6) is 0 Å². The van der Waals surface area contributed by atoms with Crippen molar-refractivity contribution in [2.75, 3.05) is 20.2 Å². The number of hydrogen-bond donors (Lipinski definition) is 2. The minimum Gasteiger partial charge on any atom is -0.444 e. The van der Waals surface area contributed by atoms with Crippen molar-refractivity contribution in [3.8, 4) is 0 Å². The molecule has 5 nitrogen and oxygen atoms in total. The van der Waals surface area contributed by atoms with Crippen molar-refractivity contribution in [1.29, 1.82) is 0 Å². The van der Waals surface area contributed by atoms with Gasteiger partial charge in [0, 0.05) is 19.7 Å². The lowest BCUT2D eigenvalue weighted by Gasteiger charge is -2.25. The maximum absolute atomic E-state index is 11.7. The van der Waals surface area contributed by atoms with Crippen LogP contribution >= 0.6 is 0 Å². The predicted octanol–water partition coefficient (Wildman–Crippen LogP) is 2.69. The number of hydrogen-bond acceptors (Lipinski definition) is 4. The van der Waals surface area contributed by atoms with Crippen LogP contribution in [0, 0.1) is 0 Å². The Labute approximate surface area is 123 Å². The Kier molecular flexibility index (Phi) is 8.13. The Balaban J connectivity index is 3.96. The van der Waals surface area contributed by atoms with Crippen LogP contribution in [-0.2, 0) is 9.47 Å². The molecule has 0 bridgehead atoms. The molecule has 0 aliphatic carbocycles. The number of carbonyl (C=O) groups is 1. The molecule has 2 N–H and O–H groups in total. The molecule has 120 valence electrons. The van der Waals surface area contributed by atoms with Crippen molar-refractivity contribution in [2.45, 2.75) is 71.6 Å². The zero-order chi connectivity index (χ0) is 15.8. The molecule has 1 unspecified atom stereocenters. The summed E-state index contributed by atoms with van der Waals surface area (Å²) in [6.07, 6.45) is 1.43. The molecule has 0 spiro atoms. The van der Waals surface area contributed by atoms with E-state index in [1.165, 1.54) is 0 Å². The van der Waals surface area contributed by atoms with Crippen molar-refractivity contribution in [1.82, 2.24) is 10.6 Å². The smallest absolute Gasteiger partial charge is 0.407 e. The Morgan fingerprint density at radius 3 is 2.25 bits per heavy atom. The summed E-state index contributed by atoms with van der Waals surface area (Å²) in [6, 6.07) is 0.0792. The maximum Gasteiger partial charge on any atom is 0.407 e. The highest BCUT2D eigenvalue weighted by molar-refractivity contribution is 5.68. The Morgan fingerprint density at radius 2 is 1.80 bits per heavy atom. The fraction of sp³-hybridized carbons (Fsp3) is 0.933. The van der Waals surface area contributed by atoms with Crippen LogP contribution in [-0.4, -0.2) is 43.5 Å². The van der Waals surface area contributed by atoms with Gasteiger partial charge in [-0.1, -0.05) is 6.92 Å². The molecule has 0 aromatic carbocycles. The van der Waals surface area contributed by atoms with Crippen LogP contribution in [0.25, 0.3) is 0 Å². The van der Waals surface area contributed by atoms with E-state index >= 15 is 0 Å². The average Bonchev–Trinajstić information content (AvgIpc) is 2.30. The molecule has 0 radical (unpaired) electrons. The van der Waals surface area contributed by atoms with Crippen LogP contribution in [0.15, 0.2) is 0 Å². The van der Waals surface area contributed by atoms with E-state index < -0.39 is 5.60 Å². The second-order valence-corrected chi connectivity index (χ2v) is 6.67. The first-order valence-electron chi connectivity index (χ1n) is 7.35. The molecule has 20 heavy (non-hydrogen) atoms. The quantitative estimate of drug-likeness (QED) is 0.674. The maximum atomic E-state index is 11.7. The standard InChI is InChI=1S/C15H32N2O3/c1-8-12(17-13(18)20-14(2,3)4)11-16-10-9-15(5,6)19-7/h12,16H,8-11H2,1-7H3,(H,17,18). The summed E-state index contributed by atoms with van der Waals surface area (Å²) >= 11 is 0. The second kappa shape index (κ2) is 8.47. The fourth-order valence-corrected chi connectivity index (χ4v) is 1.54. The summed E-state index contributed by atoms with van der Waals surface area (Å²) in [4.78, 5) is 11.7. The third-order valence-corrected chi connectivity index (χ3v) is 3.06.